The molecule has 0 saturated heterocycles. The van der Waals surface area contributed by atoms with E-state index in [0.717, 1.165) is 52.1 Å². The van der Waals surface area contributed by atoms with Crippen LogP contribution in [0.5, 0.6) is 11.5 Å². The van der Waals surface area contributed by atoms with E-state index >= 15 is 0 Å². The number of hydrogen-bond acceptors (Lipinski definition) is 5. The number of carbonyl (C=O) groups is 1. The first-order chi connectivity index (χ1) is 13.6. The largest absolute Gasteiger partial charge is 0.497 e. The first-order valence-electron chi connectivity index (χ1n) is 9.36. The van der Waals surface area contributed by atoms with Gasteiger partial charge in [-0.3, -0.25) is 4.79 Å². The number of fused-ring (bicyclic) bond motifs is 2. The Labute approximate surface area is 162 Å². The van der Waals surface area contributed by atoms with E-state index in [1.807, 2.05) is 41.3 Å². The van der Waals surface area contributed by atoms with Crippen LogP contribution < -0.4 is 15.2 Å². The average Bonchev–Trinajstić information content (AvgIpc) is 3.51. The Hall–Kier alpha value is -3.28. The minimum absolute atomic E-state index is 0.00811. The number of nitrogens with two attached hydrogens (primary N) is 1. The number of pyridine rings is 1. The van der Waals surface area contributed by atoms with Crippen LogP contribution >= 0.6 is 0 Å². The molecule has 3 aromatic rings. The highest BCUT2D eigenvalue weighted by Gasteiger charge is 2.40. The number of para-hydroxylation sites is 1. The maximum absolute atomic E-state index is 12.9. The Bertz CT molecular complexity index is 1120. The van der Waals surface area contributed by atoms with Crippen molar-refractivity contribution in [2.45, 2.75) is 25.4 Å². The van der Waals surface area contributed by atoms with Gasteiger partial charge in [-0.05, 0) is 31.0 Å². The van der Waals surface area contributed by atoms with Crippen LogP contribution in [0.15, 0.2) is 36.4 Å². The second-order valence-corrected chi connectivity index (χ2v) is 7.28. The van der Waals surface area contributed by atoms with E-state index in [2.05, 4.69) is 0 Å². The topological polar surface area (TPSA) is 77.7 Å². The van der Waals surface area contributed by atoms with Gasteiger partial charge in [-0.25, -0.2) is 4.98 Å². The van der Waals surface area contributed by atoms with E-state index in [4.69, 9.17) is 20.2 Å². The molecule has 0 radical (unpaired) electrons. The molecule has 1 fully saturated rings. The molecule has 1 amide bonds. The number of anilines is 1. The summed E-state index contributed by atoms with van der Waals surface area (Å²) in [5, 5.41) is 0.784. The predicted octanol–water partition coefficient (Wildman–Crippen LogP) is 3.62. The van der Waals surface area contributed by atoms with Crippen molar-refractivity contribution in [2.24, 2.45) is 0 Å². The lowest BCUT2D eigenvalue weighted by molar-refractivity contribution is 0.0767. The second-order valence-electron chi connectivity index (χ2n) is 7.28. The van der Waals surface area contributed by atoms with Crippen LogP contribution in [0, 0.1) is 0 Å². The fraction of sp³-hybridized carbons (Fsp3) is 0.273. The minimum Gasteiger partial charge on any atom is -0.497 e. The van der Waals surface area contributed by atoms with E-state index in [9.17, 15) is 4.79 Å². The van der Waals surface area contributed by atoms with Gasteiger partial charge in [-0.15, -0.1) is 0 Å². The number of ether oxygens (including phenoxy) is 2. The maximum atomic E-state index is 12.9. The molecule has 142 valence electrons. The lowest BCUT2D eigenvalue weighted by Crippen LogP contribution is -2.26. The number of nitrogen functional groups attached to an aromatic ring is 1. The Morgan fingerprint density at radius 2 is 1.93 bits per heavy atom. The maximum Gasteiger partial charge on any atom is 0.258 e. The van der Waals surface area contributed by atoms with Gasteiger partial charge in [0.1, 0.15) is 11.5 Å². The lowest BCUT2D eigenvalue weighted by atomic mass is 9.98. The standard InChI is InChI=1S/C22H21N3O3/c1-27-13-8-9-18(28-2)16(10-13)14-4-3-5-15-20(23)19-17(24-21(14)15)11-25(22(19)26)12-6-7-12/h3-5,8-10,12H,6-7,11H2,1-2H3,(H2,23,24). The van der Waals surface area contributed by atoms with Gasteiger partial charge >= 0.3 is 0 Å². The zero-order chi connectivity index (χ0) is 19.4. The number of carbonyl (C=O) groups excluding carboxylic acids is 1. The third kappa shape index (κ3) is 2.41. The summed E-state index contributed by atoms with van der Waals surface area (Å²) in [5.41, 5.74) is 10.9. The number of hydrogen-bond donors (Lipinski definition) is 1. The summed E-state index contributed by atoms with van der Waals surface area (Å²) in [6, 6.07) is 11.8. The zero-order valence-corrected chi connectivity index (χ0v) is 15.9. The SMILES string of the molecule is COc1ccc(OC)c(-c2cccc3c(N)c4c(nc23)CN(C2CC2)C4=O)c1. The van der Waals surface area contributed by atoms with Crippen molar-refractivity contribution in [3.05, 3.63) is 47.7 Å². The van der Waals surface area contributed by atoms with Crippen LogP contribution in [-0.2, 0) is 6.54 Å². The van der Waals surface area contributed by atoms with Gasteiger partial charge in [0.05, 0.1) is 43.2 Å². The molecule has 0 unspecified atom stereocenters. The van der Waals surface area contributed by atoms with Gasteiger partial charge < -0.3 is 20.1 Å². The van der Waals surface area contributed by atoms with E-state index in [1.165, 1.54) is 0 Å². The van der Waals surface area contributed by atoms with Crippen LogP contribution in [0.1, 0.15) is 28.9 Å². The van der Waals surface area contributed by atoms with Crippen LogP contribution in [-0.4, -0.2) is 36.1 Å². The summed E-state index contributed by atoms with van der Waals surface area (Å²) >= 11 is 0. The molecule has 1 aromatic heterocycles. The Balaban J connectivity index is 1.74. The van der Waals surface area contributed by atoms with Crippen molar-refractivity contribution in [1.82, 2.24) is 9.88 Å². The number of benzene rings is 2. The van der Waals surface area contributed by atoms with E-state index in [0.29, 0.717) is 23.8 Å². The molecule has 0 atom stereocenters. The summed E-state index contributed by atoms with van der Waals surface area (Å²) in [5.74, 6) is 1.47. The fourth-order valence-electron chi connectivity index (χ4n) is 4.02. The number of rotatable bonds is 4. The van der Waals surface area contributed by atoms with E-state index in [-0.39, 0.29) is 5.91 Å². The molecule has 1 aliphatic heterocycles. The van der Waals surface area contributed by atoms with Gasteiger partial charge in [0, 0.05) is 22.6 Å². The van der Waals surface area contributed by atoms with Crippen molar-refractivity contribution >= 4 is 22.5 Å². The normalized spacial score (nSPS) is 15.8. The average molecular weight is 375 g/mol. The Morgan fingerprint density at radius 1 is 1.11 bits per heavy atom. The van der Waals surface area contributed by atoms with Crippen LogP contribution in [0.3, 0.4) is 0 Å². The third-order valence-electron chi connectivity index (χ3n) is 5.61. The highest BCUT2D eigenvalue weighted by atomic mass is 16.5. The highest BCUT2D eigenvalue weighted by Crippen LogP contribution is 2.42. The molecule has 2 heterocycles. The summed E-state index contributed by atoms with van der Waals surface area (Å²) in [4.78, 5) is 19.6. The van der Waals surface area contributed by atoms with E-state index in [1.54, 1.807) is 14.2 Å². The van der Waals surface area contributed by atoms with Crippen molar-refractivity contribution in [3.8, 4) is 22.6 Å². The molecular weight excluding hydrogens is 354 g/mol. The van der Waals surface area contributed by atoms with Gasteiger partial charge in [0.25, 0.3) is 5.91 Å². The van der Waals surface area contributed by atoms with Gasteiger partial charge in [0.15, 0.2) is 0 Å². The molecule has 2 aromatic carbocycles. The van der Waals surface area contributed by atoms with Crippen LogP contribution in [0.25, 0.3) is 22.0 Å². The molecule has 1 saturated carbocycles. The highest BCUT2D eigenvalue weighted by molar-refractivity contribution is 6.11. The van der Waals surface area contributed by atoms with Gasteiger partial charge in [-0.1, -0.05) is 18.2 Å². The number of aromatic nitrogens is 1. The molecule has 0 spiro atoms. The van der Waals surface area contributed by atoms with Crippen molar-refractivity contribution in [3.63, 3.8) is 0 Å². The quantitative estimate of drug-likeness (QED) is 0.754. The molecule has 0 bridgehead atoms. The van der Waals surface area contributed by atoms with Crippen molar-refractivity contribution < 1.29 is 14.3 Å². The predicted molar refractivity (Wildman–Crippen MR) is 108 cm³/mol. The molecular formula is C22H21N3O3. The summed E-state index contributed by atoms with van der Waals surface area (Å²) in [7, 11) is 3.28. The van der Waals surface area contributed by atoms with Crippen molar-refractivity contribution in [1.29, 1.82) is 0 Å². The van der Waals surface area contributed by atoms with Gasteiger partial charge in [0.2, 0.25) is 0 Å². The lowest BCUT2D eigenvalue weighted by Gasteiger charge is -2.14. The molecule has 6 heteroatoms. The number of amides is 1. The first-order valence-corrected chi connectivity index (χ1v) is 9.36. The van der Waals surface area contributed by atoms with Crippen molar-refractivity contribution in [2.75, 3.05) is 20.0 Å². The zero-order valence-electron chi connectivity index (χ0n) is 15.9. The molecule has 2 aliphatic rings. The third-order valence-corrected chi connectivity index (χ3v) is 5.61. The molecule has 6 nitrogen and oxygen atoms in total. The molecule has 5 rings (SSSR count). The molecule has 1 aliphatic carbocycles. The summed E-state index contributed by atoms with van der Waals surface area (Å²) < 4.78 is 11.0. The second kappa shape index (κ2) is 6.12. The van der Waals surface area contributed by atoms with Gasteiger partial charge in [-0.2, -0.15) is 0 Å². The summed E-state index contributed by atoms with van der Waals surface area (Å²) in [6.07, 6.45) is 2.12. The monoisotopic (exact) mass is 375 g/mol. The Kier molecular flexibility index (Phi) is 3.69. The minimum atomic E-state index is 0.00811. The number of methoxy groups -OCH3 is 2. The smallest absolute Gasteiger partial charge is 0.258 e. The van der Waals surface area contributed by atoms with Crippen LogP contribution in [0.4, 0.5) is 5.69 Å². The summed E-state index contributed by atoms with van der Waals surface area (Å²) in [6.45, 7) is 0.530. The first kappa shape index (κ1) is 16.9. The molecule has 28 heavy (non-hydrogen) atoms. The Morgan fingerprint density at radius 3 is 2.64 bits per heavy atom. The molecule has 2 N–H and O–H groups in total. The number of nitrogens with zero attached hydrogens (tertiary/aromatic N) is 2. The van der Waals surface area contributed by atoms with E-state index < -0.39 is 0 Å². The fourth-order valence-corrected chi connectivity index (χ4v) is 4.02. The van der Waals surface area contributed by atoms with Crippen LogP contribution in [0.2, 0.25) is 0 Å².